The Morgan fingerprint density at radius 1 is 1.13 bits per heavy atom. The molecular weight excluding hydrogens is 186 g/mol. The molecule has 0 aromatic rings. The van der Waals surface area contributed by atoms with Crippen molar-refractivity contribution in [2.75, 3.05) is 26.8 Å². The molecule has 0 aliphatic rings. The van der Waals surface area contributed by atoms with Crippen LogP contribution in [-0.2, 0) is 4.74 Å². The van der Waals surface area contributed by atoms with Crippen molar-refractivity contribution in [3.63, 3.8) is 0 Å². The van der Waals surface area contributed by atoms with Gasteiger partial charge in [0.2, 0.25) is 0 Å². The van der Waals surface area contributed by atoms with Crippen LogP contribution in [0, 0.1) is 10.8 Å². The van der Waals surface area contributed by atoms with Gasteiger partial charge in [-0.15, -0.1) is 0 Å². The zero-order chi connectivity index (χ0) is 11.9. The van der Waals surface area contributed by atoms with E-state index in [0.29, 0.717) is 0 Å². The second-order valence-corrected chi connectivity index (χ2v) is 5.49. The Kier molecular flexibility index (Phi) is 6.46. The minimum Gasteiger partial charge on any atom is -0.384 e. The summed E-state index contributed by atoms with van der Waals surface area (Å²) in [6.07, 6.45) is 2.43. The van der Waals surface area contributed by atoms with Crippen LogP contribution in [-0.4, -0.2) is 26.8 Å². The molecule has 0 aliphatic carbocycles. The minimum atomic E-state index is 0.256. The Labute approximate surface area is 95.8 Å². The largest absolute Gasteiger partial charge is 0.384 e. The van der Waals surface area contributed by atoms with Gasteiger partial charge in [-0.2, -0.15) is 0 Å². The van der Waals surface area contributed by atoms with Gasteiger partial charge >= 0.3 is 0 Å². The molecule has 0 aromatic carbocycles. The van der Waals surface area contributed by atoms with Crippen LogP contribution >= 0.6 is 0 Å². The van der Waals surface area contributed by atoms with E-state index in [2.05, 4.69) is 39.9 Å². The van der Waals surface area contributed by atoms with Crippen LogP contribution in [0.5, 0.6) is 0 Å². The predicted molar refractivity (Wildman–Crippen MR) is 67.2 cm³/mol. The maximum Gasteiger partial charge on any atom is 0.0535 e. The van der Waals surface area contributed by atoms with Crippen molar-refractivity contribution in [1.82, 2.24) is 5.32 Å². The van der Waals surface area contributed by atoms with Crippen LogP contribution in [0.15, 0.2) is 0 Å². The van der Waals surface area contributed by atoms with E-state index in [4.69, 9.17) is 4.74 Å². The molecule has 0 aromatic heterocycles. The van der Waals surface area contributed by atoms with E-state index in [-0.39, 0.29) is 10.8 Å². The molecule has 1 N–H and O–H groups in total. The maximum absolute atomic E-state index is 5.44. The highest BCUT2D eigenvalue weighted by atomic mass is 16.5. The summed E-state index contributed by atoms with van der Waals surface area (Å²) in [5, 5.41) is 3.49. The van der Waals surface area contributed by atoms with Gasteiger partial charge in [-0.25, -0.2) is 0 Å². The van der Waals surface area contributed by atoms with E-state index in [1.807, 2.05) is 7.11 Å². The van der Waals surface area contributed by atoms with Gasteiger partial charge in [0.25, 0.3) is 0 Å². The Hall–Kier alpha value is -0.0800. The van der Waals surface area contributed by atoms with Crippen LogP contribution in [0.1, 0.15) is 47.5 Å². The summed E-state index contributed by atoms with van der Waals surface area (Å²) in [5.41, 5.74) is 0.535. The third-order valence-electron chi connectivity index (χ3n) is 3.45. The molecule has 0 heterocycles. The van der Waals surface area contributed by atoms with Crippen molar-refractivity contribution < 1.29 is 4.74 Å². The quantitative estimate of drug-likeness (QED) is 0.704. The van der Waals surface area contributed by atoms with E-state index in [9.17, 15) is 0 Å². The SMILES string of the molecule is CCCC(CNCC)(COC)C(C)(C)C. The highest BCUT2D eigenvalue weighted by Crippen LogP contribution is 2.42. The van der Waals surface area contributed by atoms with Gasteiger partial charge in [0.1, 0.15) is 0 Å². The Bertz CT molecular complexity index is 154. The van der Waals surface area contributed by atoms with Crippen molar-refractivity contribution in [3.05, 3.63) is 0 Å². The summed E-state index contributed by atoms with van der Waals surface area (Å²) >= 11 is 0. The number of hydrogen-bond donors (Lipinski definition) is 1. The average molecular weight is 215 g/mol. The van der Waals surface area contributed by atoms with Gasteiger partial charge in [0.05, 0.1) is 6.61 Å². The molecular formula is C13H29NO. The second kappa shape index (κ2) is 6.49. The second-order valence-electron chi connectivity index (χ2n) is 5.49. The van der Waals surface area contributed by atoms with Gasteiger partial charge < -0.3 is 10.1 Å². The highest BCUT2D eigenvalue weighted by molar-refractivity contribution is 4.91. The van der Waals surface area contributed by atoms with Crippen molar-refractivity contribution in [2.45, 2.75) is 47.5 Å². The molecule has 2 nitrogen and oxygen atoms in total. The molecule has 0 spiro atoms. The molecule has 0 rings (SSSR count). The van der Waals surface area contributed by atoms with Crippen molar-refractivity contribution >= 4 is 0 Å². The molecule has 0 aliphatic heterocycles. The standard InChI is InChI=1S/C13H29NO/c1-7-9-13(11-15-6,10-14-8-2)12(3,4)5/h14H,7-11H2,1-6H3. The Morgan fingerprint density at radius 3 is 2.07 bits per heavy atom. The Balaban J connectivity index is 4.72. The molecule has 1 atom stereocenters. The Morgan fingerprint density at radius 2 is 1.73 bits per heavy atom. The summed E-state index contributed by atoms with van der Waals surface area (Å²) in [6, 6.07) is 0. The molecule has 0 amide bonds. The predicted octanol–water partition coefficient (Wildman–Crippen LogP) is 3.07. The van der Waals surface area contributed by atoms with Crippen LogP contribution in [0.4, 0.5) is 0 Å². The monoisotopic (exact) mass is 215 g/mol. The van der Waals surface area contributed by atoms with Crippen LogP contribution in [0.2, 0.25) is 0 Å². The van der Waals surface area contributed by atoms with Crippen LogP contribution < -0.4 is 5.32 Å². The van der Waals surface area contributed by atoms with Gasteiger partial charge in [-0.3, -0.25) is 0 Å². The maximum atomic E-state index is 5.44. The first kappa shape index (κ1) is 14.9. The summed E-state index contributed by atoms with van der Waals surface area (Å²) < 4.78 is 5.44. The number of methoxy groups -OCH3 is 1. The van der Waals surface area contributed by atoms with E-state index in [0.717, 1.165) is 19.7 Å². The zero-order valence-corrected chi connectivity index (χ0v) is 11.4. The summed E-state index contributed by atoms with van der Waals surface area (Å²) in [4.78, 5) is 0. The highest BCUT2D eigenvalue weighted by Gasteiger charge is 2.40. The van der Waals surface area contributed by atoms with Crippen molar-refractivity contribution in [2.24, 2.45) is 10.8 Å². The smallest absolute Gasteiger partial charge is 0.0535 e. The average Bonchev–Trinajstić information content (AvgIpc) is 2.13. The third kappa shape index (κ3) is 4.12. The summed E-state index contributed by atoms with van der Waals surface area (Å²) in [5.74, 6) is 0. The fourth-order valence-corrected chi connectivity index (χ4v) is 2.19. The van der Waals surface area contributed by atoms with E-state index >= 15 is 0 Å². The first-order valence-electron chi connectivity index (χ1n) is 6.13. The lowest BCUT2D eigenvalue weighted by atomic mass is 9.64. The van der Waals surface area contributed by atoms with Crippen molar-refractivity contribution in [3.8, 4) is 0 Å². The summed E-state index contributed by atoms with van der Waals surface area (Å²) in [6.45, 7) is 14.3. The van der Waals surface area contributed by atoms with Gasteiger partial charge in [-0.1, -0.05) is 41.0 Å². The molecule has 0 saturated carbocycles. The number of hydrogen-bond acceptors (Lipinski definition) is 2. The van der Waals surface area contributed by atoms with Crippen molar-refractivity contribution in [1.29, 1.82) is 0 Å². The van der Waals surface area contributed by atoms with Gasteiger partial charge in [0.15, 0.2) is 0 Å². The van der Waals surface area contributed by atoms with E-state index in [1.165, 1.54) is 12.8 Å². The first-order valence-corrected chi connectivity index (χ1v) is 6.13. The lowest BCUT2D eigenvalue weighted by Gasteiger charge is -2.45. The molecule has 1 unspecified atom stereocenters. The van der Waals surface area contributed by atoms with Crippen LogP contribution in [0.25, 0.3) is 0 Å². The van der Waals surface area contributed by atoms with E-state index in [1.54, 1.807) is 0 Å². The lowest BCUT2D eigenvalue weighted by molar-refractivity contribution is -0.0132. The zero-order valence-electron chi connectivity index (χ0n) is 11.4. The van der Waals surface area contributed by atoms with Crippen LogP contribution in [0.3, 0.4) is 0 Å². The number of ether oxygens (including phenoxy) is 1. The fourth-order valence-electron chi connectivity index (χ4n) is 2.19. The summed E-state index contributed by atoms with van der Waals surface area (Å²) in [7, 11) is 1.81. The normalized spacial score (nSPS) is 16.4. The topological polar surface area (TPSA) is 21.3 Å². The van der Waals surface area contributed by atoms with Gasteiger partial charge in [0, 0.05) is 19.1 Å². The molecule has 0 bridgehead atoms. The minimum absolute atomic E-state index is 0.256. The first-order chi connectivity index (χ1) is 6.93. The molecule has 0 saturated heterocycles. The molecule has 15 heavy (non-hydrogen) atoms. The van der Waals surface area contributed by atoms with Gasteiger partial charge in [-0.05, 0) is 18.4 Å². The molecule has 0 radical (unpaired) electrons. The number of rotatable bonds is 7. The molecule has 92 valence electrons. The third-order valence-corrected chi connectivity index (χ3v) is 3.45. The molecule has 2 heteroatoms. The molecule has 0 fully saturated rings. The van der Waals surface area contributed by atoms with E-state index < -0.39 is 0 Å². The number of nitrogens with one attached hydrogen (secondary N) is 1. The fraction of sp³-hybridized carbons (Fsp3) is 1.00. The lowest BCUT2D eigenvalue weighted by Crippen LogP contribution is -2.47.